The lowest BCUT2D eigenvalue weighted by atomic mass is 10.1. The molecule has 4 rings (SSSR count). The molecule has 7 heteroatoms. The van der Waals surface area contributed by atoms with Gasteiger partial charge in [-0.25, -0.2) is 13.7 Å². The summed E-state index contributed by atoms with van der Waals surface area (Å²) in [5.41, 5.74) is 1.70. The number of rotatable bonds is 5. The van der Waals surface area contributed by atoms with E-state index in [1.807, 2.05) is 31.2 Å². The molecule has 4 nitrogen and oxygen atoms in total. The Labute approximate surface area is 170 Å². The van der Waals surface area contributed by atoms with E-state index in [1.54, 1.807) is 17.5 Å². The summed E-state index contributed by atoms with van der Waals surface area (Å²) in [4.78, 5) is 27.5. The van der Waals surface area contributed by atoms with Gasteiger partial charge >= 0.3 is 0 Å². The van der Waals surface area contributed by atoms with Crippen molar-refractivity contribution in [3.05, 3.63) is 87.7 Å². The molecule has 146 valence electrons. The van der Waals surface area contributed by atoms with Gasteiger partial charge in [0.2, 0.25) is 0 Å². The zero-order valence-electron chi connectivity index (χ0n) is 15.4. The normalized spacial score (nSPS) is 14.1. The smallest absolute Gasteiger partial charge is 0.282 e. The molecule has 0 atom stereocenters. The second-order valence-corrected chi connectivity index (χ2v) is 7.39. The van der Waals surface area contributed by atoms with Gasteiger partial charge in [0.1, 0.15) is 17.3 Å². The lowest BCUT2D eigenvalue weighted by Gasteiger charge is -2.16. The van der Waals surface area contributed by atoms with Crippen LogP contribution >= 0.6 is 11.3 Å². The summed E-state index contributed by atoms with van der Waals surface area (Å²) in [6.07, 6.45) is 0.873. The summed E-state index contributed by atoms with van der Waals surface area (Å²) >= 11 is 1.30. The lowest BCUT2D eigenvalue weighted by molar-refractivity contribution is -0.120. The molecule has 29 heavy (non-hydrogen) atoms. The van der Waals surface area contributed by atoms with Crippen molar-refractivity contribution in [2.45, 2.75) is 13.3 Å². The first-order chi connectivity index (χ1) is 14.0. The second-order valence-electron chi connectivity index (χ2n) is 6.44. The Balaban J connectivity index is 1.78. The van der Waals surface area contributed by atoms with Gasteiger partial charge in [-0.1, -0.05) is 25.1 Å². The number of halogens is 2. The number of anilines is 2. The Kier molecular flexibility index (Phi) is 4.98. The van der Waals surface area contributed by atoms with Gasteiger partial charge in [-0.2, -0.15) is 0 Å². The molecule has 0 saturated carbocycles. The van der Waals surface area contributed by atoms with E-state index in [0.29, 0.717) is 16.6 Å². The Bertz CT molecular complexity index is 1120. The van der Waals surface area contributed by atoms with Gasteiger partial charge in [-0.3, -0.25) is 9.59 Å². The summed E-state index contributed by atoms with van der Waals surface area (Å²) in [7, 11) is 0. The van der Waals surface area contributed by atoms with Crippen molar-refractivity contribution in [2.24, 2.45) is 0 Å². The zero-order valence-corrected chi connectivity index (χ0v) is 16.2. The fraction of sp³-hybridized carbons (Fsp3) is 0.0909. The van der Waals surface area contributed by atoms with Crippen LogP contribution in [0.4, 0.5) is 20.2 Å². The number of benzene rings is 2. The molecule has 0 radical (unpaired) electrons. The SMILES string of the molecule is CCc1ccc(NC2=C(c3cccs3)C(=O)N(c3ccc(F)cc3F)C2=O)cc1. The fourth-order valence-electron chi connectivity index (χ4n) is 3.14. The molecule has 0 saturated heterocycles. The molecule has 0 aliphatic carbocycles. The lowest BCUT2D eigenvalue weighted by Crippen LogP contribution is -2.33. The molecule has 0 bridgehead atoms. The van der Waals surface area contributed by atoms with E-state index >= 15 is 0 Å². The van der Waals surface area contributed by atoms with Gasteiger partial charge in [0.05, 0.1) is 11.3 Å². The largest absolute Gasteiger partial charge is 0.350 e. The molecular weight excluding hydrogens is 394 g/mol. The van der Waals surface area contributed by atoms with Gasteiger partial charge in [0.25, 0.3) is 11.8 Å². The van der Waals surface area contributed by atoms with Gasteiger partial charge in [0.15, 0.2) is 0 Å². The Morgan fingerprint density at radius 3 is 2.38 bits per heavy atom. The van der Waals surface area contributed by atoms with Crippen LogP contribution in [0.15, 0.2) is 65.7 Å². The highest BCUT2D eigenvalue weighted by Crippen LogP contribution is 2.36. The van der Waals surface area contributed by atoms with Crippen LogP contribution in [-0.4, -0.2) is 11.8 Å². The highest BCUT2D eigenvalue weighted by atomic mass is 32.1. The van der Waals surface area contributed by atoms with Crippen molar-refractivity contribution in [1.82, 2.24) is 0 Å². The van der Waals surface area contributed by atoms with Crippen molar-refractivity contribution in [2.75, 3.05) is 10.2 Å². The minimum atomic E-state index is -0.981. The number of nitrogens with zero attached hydrogens (tertiary/aromatic N) is 1. The third-order valence-electron chi connectivity index (χ3n) is 4.63. The first kappa shape index (κ1) is 19.0. The van der Waals surface area contributed by atoms with Crippen LogP contribution in [0.2, 0.25) is 0 Å². The Hall–Kier alpha value is -3.32. The van der Waals surface area contributed by atoms with E-state index in [0.717, 1.165) is 29.0 Å². The van der Waals surface area contributed by atoms with Gasteiger partial charge < -0.3 is 5.32 Å². The van der Waals surface area contributed by atoms with Gasteiger partial charge in [0, 0.05) is 16.6 Å². The van der Waals surface area contributed by atoms with Crippen LogP contribution in [0.25, 0.3) is 5.57 Å². The standard InChI is InChI=1S/C22H16F2N2O2S/c1-2-13-5-8-15(9-6-13)25-20-19(18-4-3-11-29-18)21(27)26(22(20)28)17-10-7-14(23)12-16(17)24/h3-12,25H,2H2,1H3. The maximum atomic E-state index is 14.3. The maximum absolute atomic E-state index is 14.3. The van der Waals surface area contributed by atoms with Gasteiger partial charge in [-0.05, 0) is 47.7 Å². The molecule has 2 amide bonds. The molecule has 1 aromatic heterocycles. The quantitative estimate of drug-likeness (QED) is 0.603. The first-order valence-corrected chi connectivity index (χ1v) is 9.85. The molecule has 2 heterocycles. The number of amides is 2. The Morgan fingerprint density at radius 1 is 1.00 bits per heavy atom. The summed E-state index contributed by atoms with van der Waals surface area (Å²) < 4.78 is 27.6. The molecule has 2 aromatic carbocycles. The van der Waals surface area contributed by atoms with E-state index in [9.17, 15) is 18.4 Å². The minimum absolute atomic E-state index is 0.0606. The molecule has 0 fully saturated rings. The fourth-order valence-corrected chi connectivity index (χ4v) is 3.91. The van der Waals surface area contributed by atoms with Crippen molar-refractivity contribution in [1.29, 1.82) is 0 Å². The maximum Gasteiger partial charge on any atom is 0.282 e. The van der Waals surface area contributed by atoms with Crippen LogP contribution in [0.3, 0.4) is 0 Å². The van der Waals surface area contributed by atoms with E-state index in [4.69, 9.17) is 0 Å². The summed E-state index contributed by atoms with van der Waals surface area (Å²) in [5.74, 6) is -3.11. The summed E-state index contributed by atoms with van der Waals surface area (Å²) in [6.45, 7) is 2.04. The van der Waals surface area contributed by atoms with Crippen LogP contribution in [0, 0.1) is 11.6 Å². The second kappa shape index (κ2) is 7.60. The van der Waals surface area contributed by atoms with Gasteiger partial charge in [-0.15, -0.1) is 11.3 Å². The summed E-state index contributed by atoms with van der Waals surface area (Å²) in [5, 5.41) is 4.81. The van der Waals surface area contributed by atoms with Crippen molar-refractivity contribution >= 4 is 40.1 Å². The Morgan fingerprint density at radius 2 is 1.76 bits per heavy atom. The number of carbonyl (C=O) groups is 2. The molecule has 1 aliphatic heterocycles. The van der Waals surface area contributed by atoms with E-state index in [-0.39, 0.29) is 17.0 Å². The first-order valence-electron chi connectivity index (χ1n) is 8.97. The topological polar surface area (TPSA) is 49.4 Å². The zero-order chi connectivity index (χ0) is 20.5. The van der Waals surface area contributed by atoms with Crippen LogP contribution < -0.4 is 10.2 Å². The average molecular weight is 410 g/mol. The van der Waals surface area contributed by atoms with E-state index in [1.165, 1.54) is 11.3 Å². The third kappa shape index (κ3) is 3.45. The number of nitrogens with one attached hydrogen (secondary N) is 1. The van der Waals surface area contributed by atoms with Crippen molar-refractivity contribution < 1.29 is 18.4 Å². The predicted molar refractivity (Wildman–Crippen MR) is 110 cm³/mol. The average Bonchev–Trinajstić information content (AvgIpc) is 3.31. The molecule has 0 spiro atoms. The summed E-state index contributed by atoms with van der Waals surface area (Å²) in [6, 6.07) is 13.7. The number of hydrogen-bond acceptors (Lipinski definition) is 4. The number of hydrogen-bond donors (Lipinski definition) is 1. The van der Waals surface area contributed by atoms with Crippen LogP contribution in [0.1, 0.15) is 17.4 Å². The molecule has 1 N–H and O–H groups in total. The van der Waals surface area contributed by atoms with Crippen molar-refractivity contribution in [3.63, 3.8) is 0 Å². The monoisotopic (exact) mass is 410 g/mol. The minimum Gasteiger partial charge on any atom is -0.350 e. The number of aryl methyl sites for hydroxylation is 1. The molecular formula is C22H16F2N2O2S. The molecule has 3 aromatic rings. The molecule has 0 unspecified atom stereocenters. The highest BCUT2D eigenvalue weighted by molar-refractivity contribution is 7.11. The number of imide groups is 1. The predicted octanol–water partition coefficient (Wildman–Crippen LogP) is 4.99. The van der Waals surface area contributed by atoms with Crippen LogP contribution in [0.5, 0.6) is 0 Å². The van der Waals surface area contributed by atoms with Crippen molar-refractivity contribution in [3.8, 4) is 0 Å². The number of thiophene rings is 1. The molecule has 1 aliphatic rings. The van der Waals surface area contributed by atoms with E-state index in [2.05, 4.69) is 5.32 Å². The van der Waals surface area contributed by atoms with E-state index < -0.39 is 23.4 Å². The third-order valence-corrected chi connectivity index (χ3v) is 5.52. The number of carbonyl (C=O) groups excluding carboxylic acids is 2. The highest BCUT2D eigenvalue weighted by Gasteiger charge is 2.41. The van der Waals surface area contributed by atoms with Crippen LogP contribution in [-0.2, 0) is 16.0 Å².